The minimum atomic E-state index is -4.07. The molecule has 8 nitrogen and oxygen atoms in total. The zero-order valence-corrected chi connectivity index (χ0v) is 17.3. The summed E-state index contributed by atoms with van der Waals surface area (Å²) in [7, 11) is 1.80. The average molecular weight is 415 g/mol. The number of anilines is 1. The Morgan fingerprint density at radius 2 is 1.69 bits per heavy atom. The molecule has 0 aliphatic carbocycles. The Balaban J connectivity index is 2.05. The van der Waals surface area contributed by atoms with Crippen molar-refractivity contribution in [1.82, 2.24) is 4.31 Å². The van der Waals surface area contributed by atoms with Crippen LogP contribution < -0.4 is 14.4 Å². The van der Waals surface area contributed by atoms with Crippen LogP contribution in [-0.4, -0.2) is 52.7 Å². The Hall–Kier alpha value is -3.33. The molecule has 0 bridgehead atoms. The van der Waals surface area contributed by atoms with Gasteiger partial charge in [0.05, 0.1) is 19.9 Å². The average Bonchev–Trinajstić information content (AvgIpc) is 2.74. The number of hydrogen-bond donors (Lipinski definition) is 0. The number of amides is 1. The van der Waals surface area contributed by atoms with Crippen LogP contribution in [0.3, 0.4) is 0 Å². The van der Waals surface area contributed by atoms with Gasteiger partial charge in [-0.05, 0) is 36.4 Å². The van der Waals surface area contributed by atoms with Crippen LogP contribution in [0.2, 0.25) is 0 Å². The van der Waals surface area contributed by atoms with E-state index in [1.54, 1.807) is 49.5 Å². The fourth-order valence-electron chi connectivity index (χ4n) is 2.83. The van der Waals surface area contributed by atoms with E-state index in [1.807, 2.05) is 6.07 Å². The molecule has 152 valence electrons. The number of carbonyl (C=O) groups is 1. The van der Waals surface area contributed by atoms with Crippen LogP contribution >= 0.6 is 0 Å². The molecule has 2 aromatic carbocycles. The lowest BCUT2D eigenvalue weighted by Crippen LogP contribution is -2.39. The molecule has 0 spiro atoms. The van der Waals surface area contributed by atoms with E-state index in [4.69, 9.17) is 9.47 Å². The lowest BCUT2D eigenvalue weighted by molar-refractivity contribution is -0.115. The number of benzene rings is 2. The molecule has 2 aromatic rings. The van der Waals surface area contributed by atoms with Crippen LogP contribution in [0.1, 0.15) is 5.56 Å². The van der Waals surface area contributed by atoms with Gasteiger partial charge >= 0.3 is 10.2 Å². The van der Waals surface area contributed by atoms with Crippen molar-refractivity contribution < 1.29 is 22.7 Å². The van der Waals surface area contributed by atoms with Crippen molar-refractivity contribution in [2.24, 2.45) is 4.40 Å². The molecule has 29 heavy (non-hydrogen) atoms. The Bertz CT molecular complexity index is 1090. The Morgan fingerprint density at radius 1 is 1.03 bits per heavy atom. The summed E-state index contributed by atoms with van der Waals surface area (Å²) in [6, 6.07) is 13.9. The molecule has 9 heteroatoms. The second-order valence-electron chi connectivity index (χ2n) is 6.22. The minimum Gasteiger partial charge on any atom is -0.493 e. The smallest absolute Gasteiger partial charge is 0.345 e. The lowest BCUT2D eigenvalue weighted by atomic mass is 10.1. The summed E-state index contributed by atoms with van der Waals surface area (Å²) in [5.41, 5.74) is 1.23. The summed E-state index contributed by atoms with van der Waals surface area (Å²) in [4.78, 5) is 14.4. The second-order valence-corrected chi connectivity index (χ2v) is 7.85. The van der Waals surface area contributed by atoms with Gasteiger partial charge in [0.15, 0.2) is 11.5 Å². The largest absolute Gasteiger partial charge is 0.493 e. The monoisotopic (exact) mass is 415 g/mol. The van der Waals surface area contributed by atoms with Gasteiger partial charge < -0.3 is 14.4 Å². The zero-order valence-electron chi connectivity index (χ0n) is 16.5. The number of nitrogens with zero attached hydrogens (tertiary/aromatic N) is 3. The molecule has 0 unspecified atom stereocenters. The fourth-order valence-corrected chi connectivity index (χ4v) is 3.73. The quantitative estimate of drug-likeness (QED) is 0.747. The summed E-state index contributed by atoms with van der Waals surface area (Å²) < 4.78 is 40.4. The number of para-hydroxylation sites is 1. The fraction of sp³-hybridized carbons (Fsp3) is 0.200. The van der Waals surface area contributed by atoms with Crippen molar-refractivity contribution in [2.45, 2.75) is 0 Å². The number of methoxy groups -OCH3 is 2. The van der Waals surface area contributed by atoms with Crippen molar-refractivity contribution in [3.8, 4) is 11.5 Å². The third kappa shape index (κ3) is 3.95. The van der Waals surface area contributed by atoms with Gasteiger partial charge in [-0.25, -0.2) is 4.31 Å². The summed E-state index contributed by atoms with van der Waals surface area (Å²) in [6.07, 6.45) is 1.45. The third-order valence-electron chi connectivity index (χ3n) is 4.52. The van der Waals surface area contributed by atoms with Crippen LogP contribution in [0.4, 0.5) is 5.69 Å². The molecule has 1 amide bonds. The van der Waals surface area contributed by atoms with E-state index in [-0.39, 0.29) is 11.4 Å². The SMILES string of the molecule is COc1ccc(C2=NS(=O)(=O)N(C)C(C(=O)N(C)c3ccccc3)=C2)cc1OC. The molecule has 0 fully saturated rings. The van der Waals surface area contributed by atoms with Crippen LogP contribution in [0.5, 0.6) is 11.5 Å². The van der Waals surface area contributed by atoms with Crippen molar-refractivity contribution >= 4 is 27.5 Å². The van der Waals surface area contributed by atoms with Gasteiger partial charge in [-0.2, -0.15) is 8.42 Å². The highest BCUT2D eigenvalue weighted by atomic mass is 32.2. The molecule has 0 radical (unpaired) electrons. The molecule has 0 atom stereocenters. The first-order valence-corrected chi connectivity index (χ1v) is 10.0. The van der Waals surface area contributed by atoms with E-state index in [0.29, 0.717) is 22.7 Å². The van der Waals surface area contributed by atoms with Crippen molar-refractivity contribution in [3.63, 3.8) is 0 Å². The lowest BCUT2D eigenvalue weighted by Gasteiger charge is -2.27. The van der Waals surface area contributed by atoms with Crippen LogP contribution in [0.15, 0.2) is 64.7 Å². The highest BCUT2D eigenvalue weighted by Gasteiger charge is 2.32. The van der Waals surface area contributed by atoms with Crippen molar-refractivity contribution in [1.29, 1.82) is 0 Å². The van der Waals surface area contributed by atoms with Gasteiger partial charge in [0, 0.05) is 25.3 Å². The first kappa shape index (κ1) is 20.4. The van der Waals surface area contributed by atoms with Gasteiger partial charge in [0.1, 0.15) is 5.70 Å². The maximum absolute atomic E-state index is 13.0. The van der Waals surface area contributed by atoms with Gasteiger partial charge in [0.25, 0.3) is 5.91 Å². The second kappa shape index (κ2) is 7.96. The van der Waals surface area contributed by atoms with Crippen molar-refractivity contribution in [3.05, 3.63) is 65.9 Å². The molecule has 0 N–H and O–H groups in total. The number of rotatable bonds is 5. The minimum absolute atomic E-state index is 0.0175. The van der Waals surface area contributed by atoms with Crippen molar-refractivity contribution in [2.75, 3.05) is 33.2 Å². The van der Waals surface area contributed by atoms with Crippen LogP contribution in [0.25, 0.3) is 0 Å². The van der Waals surface area contributed by atoms with Gasteiger partial charge in [0.2, 0.25) is 0 Å². The Labute approximate surface area is 169 Å². The van der Waals surface area contributed by atoms with E-state index in [2.05, 4.69) is 4.40 Å². The molecule has 1 aliphatic heterocycles. The first-order chi connectivity index (χ1) is 13.8. The normalized spacial score (nSPS) is 15.2. The summed E-state index contributed by atoms with van der Waals surface area (Å²) in [5, 5.41) is 0. The third-order valence-corrected chi connectivity index (χ3v) is 5.84. The van der Waals surface area contributed by atoms with Gasteiger partial charge in [-0.15, -0.1) is 4.40 Å². The predicted octanol–water partition coefficient (Wildman–Crippen LogP) is 2.23. The van der Waals surface area contributed by atoms with E-state index in [0.717, 1.165) is 4.31 Å². The number of allylic oxidation sites excluding steroid dienone is 1. The predicted molar refractivity (Wildman–Crippen MR) is 111 cm³/mol. The van der Waals surface area contributed by atoms with Crippen LogP contribution in [0, 0.1) is 0 Å². The molecule has 1 aliphatic rings. The van der Waals surface area contributed by atoms with Crippen LogP contribution in [-0.2, 0) is 15.0 Å². The Kier molecular flexibility index (Phi) is 5.60. The topological polar surface area (TPSA) is 88.5 Å². The maximum Gasteiger partial charge on any atom is 0.345 e. The summed E-state index contributed by atoms with van der Waals surface area (Å²) in [5.74, 6) is 0.443. The molecule has 0 aromatic heterocycles. The molecule has 0 saturated heterocycles. The zero-order chi connectivity index (χ0) is 21.2. The number of carbonyl (C=O) groups excluding carboxylic acids is 1. The molecule has 0 saturated carbocycles. The first-order valence-electron chi connectivity index (χ1n) is 8.64. The highest BCUT2D eigenvalue weighted by molar-refractivity contribution is 7.88. The summed E-state index contributed by atoms with van der Waals surface area (Å²) in [6.45, 7) is 0. The van der Waals surface area contributed by atoms with E-state index in [9.17, 15) is 13.2 Å². The molecular formula is C20H21N3O5S. The Morgan fingerprint density at radius 3 is 2.31 bits per heavy atom. The summed E-state index contributed by atoms with van der Waals surface area (Å²) >= 11 is 0. The van der Waals surface area contributed by atoms with E-state index in [1.165, 1.54) is 32.2 Å². The highest BCUT2D eigenvalue weighted by Crippen LogP contribution is 2.30. The van der Waals surface area contributed by atoms with E-state index < -0.39 is 16.1 Å². The van der Waals surface area contributed by atoms with E-state index >= 15 is 0 Å². The standard InChI is InChI=1S/C20H21N3O5S/c1-22(15-8-6-5-7-9-15)20(24)17-13-16(21-29(25,26)23(17)2)14-10-11-18(27-3)19(12-14)28-4/h5-13H,1-4H3. The molecule has 3 rings (SSSR count). The maximum atomic E-state index is 13.0. The number of hydrogen-bond acceptors (Lipinski definition) is 5. The number of likely N-dealkylation sites (N-methyl/N-ethyl adjacent to an activating group) is 2. The molecule has 1 heterocycles. The van der Waals surface area contributed by atoms with Gasteiger partial charge in [-0.1, -0.05) is 18.2 Å². The molecular weight excluding hydrogens is 394 g/mol. The number of ether oxygens (including phenoxy) is 2. The van der Waals surface area contributed by atoms with Gasteiger partial charge in [-0.3, -0.25) is 4.79 Å².